The number of carbonyl (C=O) groups is 2. The highest BCUT2D eigenvalue weighted by molar-refractivity contribution is 9.10. The van der Waals surface area contributed by atoms with Crippen LogP contribution in [0.1, 0.15) is 37.7 Å². The van der Waals surface area contributed by atoms with Gasteiger partial charge in [0.1, 0.15) is 5.82 Å². The predicted molar refractivity (Wildman–Crippen MR) is 83.9 cm³/mol. The highest BCUT2D eigenvalue weighted by atomic mass is 79.9. The SMILES string of the molecule is O=C(Cc1cc(F)ccc1Br)N[C@H]1CCCCC[C@H]1C(=O)O. The number of carbonyl (C=O) groups excluding carboxylic acids is 1. The maximum absolute atomic E-state index is 13.2. The van der Waals surface area contributed by atoms with Gasteiger partial charge in [-0.15, -0.1) is 0 Å². The van der Waals surface area contributed by atoms with Gasteiger partial charge >= 0.3 is 5.97 Å². The van der Waals surface area contributed by atoms with Gasteiger partial charge < -0.3 is 10.4 Å². The average Bonchev–Trinajstić information content (AvgIpc) is 2.68. The summed E-state index contributed by atoms with van der Waals surface area (Å²) >= 11 is 3.29. The Kier molecular flexibility index (Phi) is 5.94. The number of carboxylic acids is 1. The largest absolute Gasteiger partial charge is 0.481 e. The molecule has 0 saturated heterocycles. The van der Waals surface area contributed by atoms with E-state index in [4.69, 9.17) is 0 Å². The summed E-state index contributed by atoms with van der Waals surface area (Å²) in [6.07, 6.45) is 4.07. The Morgan fingerprint density at radius 3 is 2.73 bits per heavy atom. The Labute approximate surface area is 137 Å². The van der Waals surface area contributed by atoms with Crippen molar-refractivity contribution in [2.24, 2.45) is 5.92 Å². The van der Waals surface area contributed by atoms with Crippen molar-refractivity contribution in [2.45, 2.75) is 44.6 Å². The van der Waals surface area contributed by atoms with Crippen molar-refractivity contribution in [1.29, 1.82) is 0 Å². The molecule has 1 amide bonds. The maximum atomic E-state index is 13.2. The van der Waals surface area contributed by atoms with Crippen molar-refractivity contribution in [3.63, 3.8) is 0 Å². The van der Waals surface area contributed by atoms with Gasteiger partial charge in [-0.3, -0.25) is 9.59 Å². The third-order valence-electron chi connectivity index (χ3n) is 4.04. The minimum Gasteiger partial charge on any atom is -0.481 e. The first-order valence-corrected chi connectivity index (χ1v) is 8.23. The predicted octanol–water partition coefficient (Wildman–Crippen LogP) is 3.28. The van der Waals surface area contributed by atoms with Gasteiger partial charge in [0.25, 0.3) is 0 Å². The molecule has 2 rings (SSSR count). The number of hydrogen-bond acceptors (Lipinski definition) is 2. The number of hydrogen-bond donors (Lipinski definition) is 2. The Balaban J connectivity index is 2.03. The zero-order chi connectivity index (χ0) is 16.1. The molecule has 0 heterocycles. The van der Waals surface area contributed by atoms with E-state index in [9.17, 15) is 19.1 Å². The molecule has 1 fully saturated rings. The van der Waals surface area contributed by atoms with Crippen molar-refractivity contribution >= 4 is 27.8 Å². The van der Waals surface area contributed by atoms with Crippen LogP contribution >= 0.6 is 15.9 Å². The molecule has 6 heteroatoms. The molecule has 0 aliphatic heterocycles. The van der Waals surface area contributed by atoms with Crippen LogP contribution in [0.2, 0.25) is 0 Å². The summed E-state index contributed by atoms with van der Waals surface area (Å²) in [6, 6.07) is 3.84. The first-order valence-electron chi connectivity index (χ1n) is 7.43. The lowest BCUT2D eigenvalue weighted by molar-refractivity contribution is -0.143. The molecule has 0 bridgehead atoms. The monoisotopic (exact) mass is 371 g/mol. The second kappa shape index (κ2) is 7.72. The Bertz CT molecular complexity index is 564. The van der Waals surface area contributed by atoms with E-state index in [1.54, 1.807) is 6.07 Å². The number of aliphatic carboxylic acids is 1. The third-order valence-corrected chi connectivity index (χ3v) is 4.81. The Morgan fingerprint density at radius 2 is 2.00 bits per heavy atom. The van der Waals surface area contributed by atoms with Gasteiger partial charge in [-0.1, -0.05) is 35.2 Å². The smallest absolute Gasteiger partial charge is 0.308 e. The van der Waals surface area contributed by atoms with Gasteiger partial charge in [0.05, 0.1) is 12.3 Å². The Morgan fingerprint density at radius 1 is 1.27 bits per heavy atom. The van der Waals surface area contributed by atoms with E-state index in [1.165, 1.54) is 12.1 Å². The van der Waals surface area contributed by atoms with Gasteiger partial charge in [0.15, 0.2) is 0 Å². The Hall–Kier alpha value is -1.43. The first-order chi connectivity index (χ1) is 10.5. The quantitative estimate of drug-likeness (QED) is 0.798. The number of nitrogens with one attached hydrogen (secondary N) is 1. The molecule has 2 N–H and O–H groups in total. The van der Waals surface area contributed by atoms with Crippen LogP contribution in [0.25, 0.3) is 0 Å². The molecule has 1 saturated carbocycles. The fourth-order valence-electron chi connectivity index (χ4n) is 2.89. The van der Waals surface area contributed by atoms with Gasteiger partial charge in [-0.2, -0.15) is 0 Å². The van der Waals surface area contributed by atoms with Crippen molar-refractivity contribution in [3.8, 4) is 0 Å². The van der Waals surface area contributed by atoms with Crippen LogP contribution in [0.4, 0.5) is 4.39 Å². The highest BCUT2D eigenvalue weighted by Crippen LogP contribution is 2.24. The number of halogens is 2. The zero-order valence-electron chi connectivity index (χ0n) is 12.1. The minimum absolute atomic E-state index is 0.0290. The van der Waals surface area contributed by atoms with Gasteiger partial charge in [0, 0.05) is 10.5 Å². The number of benzene rings is 1. The highest BCUT2D eigenvalue weighted by Gasteiger charge is 2.30. The molecular formula is C16H19BrFNO3. The number of rotatable bonds is 4. The fraction of sp³-hybridized carbons (Fsp3) is 0.500. The van der Waals surface area contributed by atoms with Gasteiger partial charge in [-0.05, 0) is 36.6 Å². The molecule has 2 atom stereocenters. The van der Waals surface area contributed by atoms with Crippen LogP contribution in [0, 0.1) is 11.7 Å². The normalized spacial score (nSPS) is 21.9. The van der Waals surface area contributed by atoms with Crippen LogP contribution in [-0.2, 0) is 16.0 Å². The molecule has 0 unspecified atom stereocenters. The summed E-state index contributed by atoms with van der Waals surface area (Å²) in [4.78, 5) is 23.5. The summed E-state index contributed by atoms with van der Waals surface area (Å²) in [7, 11) is 0. The molecule has 1 aromatic rings. The standard InChI is InChI=1S/C16H19BrFNO3/c17-13-7-6-11(18)8-10(13)9-15(20)19-14-5-3-1-2-4-12(14)16(21)22/h6-8,12,14H,1-5,9H2,(H,19,20)(H,21,22)/t12-,14+/m1/s1. The maximum Gasteiger partial charge on any atom is 0.308 e. The summed E-state index contributed by atoms with van der Waals surface area (Å²) in [6.45, 7) is 0. The summed E-state index contributed by atoms with van der Waals surface area (Å²) in [5, 5.41) is 12.1. The summed E-state index contributed by atoms with van der Waals surface area (Å²) < 4.78 is 13.9. The van der Waals surface area contributed by atoms with Crippen molar-refractivity contribution in [3.05, 3.63) is 34.1 Å². The summed E-state index contributed by atoms with van der Waals surface area (Å²) in [5.41, 5.74) is 0.554. The molecule has 1 aromatic carbocycles. The van der Waals surface area contributed by atoms with Crippen LogP contribution in [0.15, 0.2) is 22.7 Å². The molecule has 0 aromatic heterocycles. The molecule has 22 heavy (non-hydrogen) atoms. The number of amides is 1. The lowest BCUT2D eigenvalue weighted by atomic mass is 9.94. The zero-order valence-corrected chi connectivity index (χ0v) is 13.7. The first kappa shape index (κ1) is 16.9. The van der Waals surface area contributed by atoms with Crippen LogP contribution < -0.4 is 5.32 Å². The average molecular weight is 372 g/mol. The van der Waals surface area contributed by atoms with E-state index in [0.29, 0.717) is 22.9 Å². The molecule has 0 radical (unpaired) electrons. The van der Waals surface area contributed by atoms with Gasteiger partial charge in [-0.25, -0.2) is 4.39 Å². The lowest BCUT2D eigenvalue weighted by Crippen LogP contribution is -2.43. The van der Waals surface area contributed by atoms with Crippen molar-refractivity contribution in [2.75, 3.05) is 0 Å². The topological polar surface area (TPSA) is 66.4 Å². The summed E-state index contributed by atoms with van der Waals surface area (Å²) in [5.74, 6) is -2.07. The van der Waals surface area contributed by atoms with E-state index in [-0.39, 0.29) is 18.4 Å². The lowest BCUT2D eigenvalue weighted by Gasteiger charge is -2.23. The minimum atomic E-state index is -0.862. The van der Waals surface area contributed by atoms with E-state index in [0.717, 1.165) is 19.3 Å². The van der Waals surface area contributed by atoms with E-state index < -0.39 is 17.7 Å². The second-order valence-corrected chi connectivity index (χ2v) is 6.52. The molecular weight excluding hydrogens is 353 g/mol. The van der Waals surface area contributed by atoms with Crippen LogP contribution in [-0.4, -0.2) is 23.0 Å². The van der Waals surface area contributed by atoms with Gasteiger partial charge in [0.2, 0.25) is 5.91 Å². The fourth-order valence-corrected chi connectivity index (χ4v) is 3.27. The third kappa shape index (κ3) is 4.53. The molecule has 4 nitrogen and oxygen atoms in total. The van der Waals surface area contributed by atoms with Crippen molar-refractivity contribution in [1.82, 2.24) is 5.32 Å². The second-order valence-electron chi connectivity index (χ2n) is 5.67. The molecule has 120 valence electrons. The molecule has 0 spiro atoms. The molecule has 1 aliphatic carbocycles. The van der Waals surface area contributed by atoms with E-state index >= 15 is 0 Å². The van der Waals surface area contributed by atoms with E-state index in [1.807, 2.05) is 0 Å². The van der Waals surface area contributed by atoms with Crippen LogP contribution in [0.3, 0.4) is 0 Å². The van der Waals surface area contributed by atoms with Crippen molar-refractivity contribution < 1.29 is 19.1 Å². The van der Waals surface area contributed by atoms with E-state index in [2.05, 4.69) is 21.2 Å². The van der Waals surface area contributed by atoms with Crippen LogP contribution in [0.5, 0.6) is 0 Å². The molecule has 1 aliphatic rings. The number of carboxylic acid groups (broad SMARTS) is 1.